The number of aryl methyl sites for hydroxylation is 1. The Hall–Kier alpha value is -2.73. The maximum absolute atomic E-state index is 12.5. The number of carbonyl (C=O) groups is 2. The lowest BCUT2D eigenvalue weighted by atomic mass is 9.98. The van der Waals surface area contributed by atoms with Gasteiger partial charge in [-0.05, 0) is 58.6 Å². The Morgan fingerprint density at radius 3 is 2.61 bits per heavy atom. The molecule has 5 nitrogen and oxygen atoms in total. The molecule has 144 valence electrons. The molecule has 0 bridgehead atoms. The largest absolute Gasteiger partial charge is 0.504 e. The number of hydrogen-bond donors (Lipinski definition) is 1. The number of carbonyl (C=O) groups excluding carboxylic acids is 2. The van der Waals surface area contributed by atoms with Gasteiger partial charge in [0.15, 0.2) is 11.5 Å². The zero-order valence-corrected chi connectivity index (χ0v) is 17.2. The highest BCUT2D eigenvalue weighted by Crippen LogP contribution is 2.37. The molecule has 1 heterocycles. The van der Waals surface area contributed by atoms with E-state index in [0.29, 0.717) is 15.4 Å². The summed E-state index contributed by atoms with van der Waals surface area (Å²) in [6, 6.07) is 13.7. The van der Waals surface area contributed by atoms with E-state index in [1.54, 1.807) is 6.92 Å². The molecule has 0 amide bonds. The van der Waals surface area contributed by atoms with Crippen molar-refractivity contribution in [1.29, 1.82) is 0 Å². The van der Waals surface area contributed by atoms with Crippen LogP contribution in [-0.2, 0) is 9.53 Å². The maximum Gasteiger partial charge on any atom is 0.306 e. The van der Waals surface area contributed by atoms with E-state index < -0.39 is 11.8 Å². The van der Waals surface area contributed by atoms with Crippen molar-refractivity contribution in [3.8, 4) is 16.9 Å². The Balaban J connectivity index is 1.97. The van der Waals surface area contributed by atoms with Crippen LogP contribution in [0, 0.1) is 6.92 Å². The molecule has 3 aromatic rings. The van der Waals surface area contributed by atoms with E-state index in [9.17, 15) is 14.7 Å². The predicted molar refractivity (Wildman–Crippen MR) is 111 cm³/mol. The summed E-state index contributed by atoms with van der Waals surface area (Å²) in [7, 11) is 0. The van der Waals surface area contributed by atoms with Crippen LogP contribution in [0.25, 0.3) is 22.0 Å². The molecule has 0 aliphatic carbocycles. The van der Waals surface area contributed by atoms with Crippen LogP contribution >= 0.6 is 15.9 Å². The van der Waals surface area contributed by atoms with Crippen molar-refractivity contribution >= 4 is 38.6 Å². The molecule has 0 unspecified atom stereocenters. The summed E-state index contributed by atoms with van der Waals surface area (Å²) in [5.74, 6) is -1.07. The van der Waals surface area contributed by atoms with E-state index in [4.69, 9.17) is 4.74 Å². The number of Topliss-reactive ketones (excluding diaryl/α,β-unsaturated/α-hetero) is 1. The number of benzene rings is 2. The zero-order chi connectivity index (χ0) is 20.3. The van der Waals surface area contributed by atoms with Crippen LogP contribution < -0.4 is 0 Å². The van der Waals surface area contributed by atoms with Crippen LogP contribution in [0.3, 0.4) is 0 Å². The average Bonchev–Trinajstić information content (AvgIpc) is 2.69. The Bertz CT molecular complexity index is 1060. The fourth-order valence-electron chi connectivity index (χ4n) is 3.04. The van der Waals surface area contributed by atoms with Gasteiger partial charge in [-0.3, -0.25) is 9.59 Å². The molecule has 1 aromatic heterocycles. The van der Waals surface area contributed by atoms with Gasteiger partial charge in [-0.2, -0.15) is 0 Å². The quantitative estimate of drug-likeness (QED) is 0.419. The summed E-state index contributed by atoms with van der Waals surface area (Å²) in [4.78, 5) is 28.3. The highest BCUT2D eigenvalue weighted by molar-refractivity contribution is 9.10. The monoisotopic (exact) mass is 441 g/mol. The second-order valence-corrected chi connectivity index (χ2v) is 7.19. The van der Waals surface area contributed by atoms with Gasteiger partial charge in [-0.15, -0.1) is 0 Å². The molecule has 1 N–H and O–H groups in total. The lowest BCUT2D eigenvalue weighted by Gasteiger charge is -2.11. The molecule has 28 heavy (non-hydrogen) atoms. The van der Waals surface area contributed by atoms with E-state index in [1.165, 1.54) is 0 Å². The van der Waals surface area contributed by atoms with Gasteiger partial charge in [-0.25, -0.2) is 4.98 Å². The molecule has 0 saturated carbocycles. The van der Waals surface area contributed by atoms with Crippen LogP contribution in [0.5, 0.6) is 5.75 Å². The summed E-state index contributed by atoms with van der Waals surface area (Å²) in [5.41, 5.74) is 3.76. The molecular formula is C22H20BrNO4. The summed E-state index contributed by atoms with van der Waals surface area (Å²) < 4.78 is 5.24. The smallest absolute Gasteiger partial charge is 0.306 e. The summed E-state index contributed by atoms with van der Waals surface area (Å²) in [5, 5.41) is 11.2. The van der Waals surface area contributed by atoms with Gasteiger partial charge in [0.1, 0.15) is 5.69 Å². The SMILES string of the molecule is CCOC(=O)CCC(=O)c1nc2ccc(-c3ccccc3C)cc2c(Br)c1O. The van der Waals surface area contributed by atoms with Gasteiger partial charge in [0, 0.05) is 11.8 Å². The lowest BCUT2D eigenvalue weighted by Crippen LogP contribution is -2.09. The molecule has 0 saturated heterocycles. The van der Waals surface area contributed by atoms with Crippen molar-refractivity contribution < 1.29 is 19.4 Å². The first-order chi connectivity index (χ1) is 13.4. The van der Waals surface area contributed by atoms with E-state index in [1.807, 2.05) is 49.4 Å². The minimum absolute atomic E-state index is 0.0460. The number of ether oxygens (including phenoxy) is 1. The van der Waals surface area contributed by atoms with E-state index in [2.05, 4.69) is 20.9 Å². The fourth-order valence-corrected chi connectivity index (χ4v) is 3.55. The van der Waals surface area contributed by atoms with Crippen molar-refractivity contribution in [1.82, 2.24) is 4.98 Å². The normalized spacial score (nSPS) is 10.8. The highest BCUT2D eigenvalue weighted by atomic mass is 79.9. The third-order valence-electron chi connectivity index (χ3n) is 4.48. The van der Waals surface area contributed by atoms with Gasteiger partial charge in [0.25, 0.3) is 0 Å². The summed E-state index contributed by atoms with van der Waals surface area (Å²) >= 11 is 3.40. The van der Waals surface area contributed by atoms with E-state index in [0.717, 1.165) is 16.7 Å². The van der Waals surface area contributed by atoms with Gasteiger partial charge < -0.3 is 9.84 Å². The molecule has 6 heteroatoms. The van der Waals surface area contributed by atoms with Gasteiger partial charge >= 0.3 is 5.97 Å². The Morgan fingerprint density at radius 1 is 1.14 bits per heavy atom. The fraction of sp³-hybridized carbons (Fsp3) is 0.227. The van der Waals surface area contributed by atoms with Gasteiger partial charge in [0.2, 0.25) is 0 Å². The number of aromatic hydroxyl groups is 1. The van der Waals surface area contributed by atoms with Crippen LogP contribution in [0.2, 0.25) is 0 Å². The molecule has 3 rings (SSSR count). The number of aromatic nitrogens is 1. The number of ketones is 1. The number of pyridine rings is 1. The highest BCUT2D eigenvalue weighted by Gasteiger charge is 2.20. The average molecular weight is 442 g/mol. The van der Waals surface area contributed by atoms with Gasteiger partial charge in [0.05, 0.1) is 23.0 Å². The molecule has 0 radical (unpaired) electrons. The van der Waals surface area contributed by atoms with Crippen molar-refractivity contribution in [3.05, 3.63) is 58.2 Å². The van der Waals surface area contributed by atoms with Gasteiger partial charge in [-0.1, -0.05) is 30.3 Å². The maximum atomic E-state index is 12.5. The zero-order valence-electron chi connectivity index (χ0n) is 15.7. The summed E-state index contributed by atoms with van der Waals surface area (Å²) in [6.45, 7) is 4.01. The molecule has 0 fully saturated rings. The molecule has 0 aliphatic rings. The van der Waals surface area contributed by atoms with Crippen molar-refractivity contribution in [3.63, 3.8) is 0 Å². The molecule has 0 spiro atoms. The summed E-state index contributed by atoms with van der Waals surface area (Å²) in [6.07, 6.45) is -0.117. The van der Waals surface area contributed by atoms with Crippen LogP contribution in [-0.4, -0.2) is 28.4 Å². The lowest BCUT2D eigenvalue weighted by molar-refractivity contribution is -0.143. The Kier molecular flexibility index (Phi) is 6.09. The van der Waals surface area contributed by atoms with Crippen LogP contribution in [0.1, 0.15) is 35.8 Å². The standard InChI is InChI=1S/C22H20BrNO4/c1-3-28-19(26)11-10-18(25)21-22(27)20(23)16-12-14(8-9-17(16)24-21)15-7-5-4-6-13(15)2/h4-9,12,27H,3,10-11H2,1-2H3. The predicted octanol–water partition coefficient (Wildman–Crippen LogP) is 5.20. The number of esters is 1. The first-order valence-electron chi connectivity index (χ1n) is 8.99. The number of nitrogens with zero attached hydrogens (tertiary/aromatic N) is 1. The Morgan fingerprint density at radius 2 is 1.89 bits per heavy atom. The minimum Gasteiger partial charge on any atom is -0.504 e. The van der Waals surface area contributed by atoms with Crippen LogP contribution in [0.15, 0.2) is 46.9 Å². The molecule has 2 aromatic carbocycles. The second-order valence-electron chi connectivity index (χ2n) is 6.40. The second kappa shape index (κ2) is 8.52. The van der Waals surface area contributed by atoms with E-state index in [-0.39, 0.29) is 30.9 Å². The number of fused-ring (bicyclic) bond motifs is 1. The van der Waals surface area contributed by atoms with Crippen molar-refractivity contribution in [2.24, 2.45) is 0 Å². The first kappa shape index (κ1) is 20.0. The number of halogens is 1. The van der Waals surface area contributed by atoms with Crippen molar-refractivity contribution in [2.75, 3.05) is 6.61 Å². The number of rotatable bonds is 6. The molecular weight excluding hydrogens is 422 g/mol. The molecule has 0 aliphatic heterocycles. The third-order valence-corrected chi connectivity index (χ3v) is 5.28. The topological polar surface area (TPSA) is 76.5 Å². The van der Waals surface area contributed by atoms with E-state index >= 15 is 0 Å². The number of hydrogen-bond acceptors (Lipinski definition) is 5. The van der Waals surface area contributed by atoms with Crippen LogP contribution in [0.4, 0.5) is 0 Å². The van der Waals surface area contributed by atoms with Crippen molar-refractivity contribution in [2.45, 2.75) is 26.7 Å². The minimum atomic E-state index is -0.446. The first-order valence-corrected chi connectivity index (χ1v) is 9.78. The molecule has 0 atom stereocenters. The third kappa shape index (κ3) is 4.07. The Labute approximate surface area is 171 Å².